The molecule has 0 atom stereocenters. The number of nitrogens with two attached hydrogens (primary N) is 1. The Morgan fingerprint density at radius 2 is 2.22 bits per heavy atom. The van der Waals surface area contributed by atoms with Gasteiger partial charge in [0.15, 0.2) is 5.82 Å². The highest BCUT2D eigenvalue weighted by Crippen LogP contribution is 2.31. The van der Waals surface area contributed by atoms with E-state index in [-0.39, 0.29) is 0 Å². The van der Waals surface area contributed by atoms with Crippen LogP contribution in [0.25, 0.3) is 0 Å². The number of nitrogens with one attached hydrogen (secondary N) is 1. The summed E-state index contributed by atoms with van der Waals surface area (Å²) in [5.74, 6) is 0.399. The molecule has 0 spiro atoms. The molecule has 1 aliphatic rings. The summed E-state index contributed by atoms with van der Waals surface area (Å²) in [5.41, 5.74) is 5.89. The zero-order valence-corrected chi connectivity index (χ0v) is 12.6. The van der Waals surface area contributed by atoms with Gasteiger partial charge in [0.25, 0.3) is 0 Å². The molecule has 23 heavy (non-hydrogen) atoms. The molecule has 0 radical (unpaired) electrons. The topological polar surface area (TPSA) is 118 Å². The Morgan fingerprint density at radius 1 is 1.43 bits per heavy atom. The van der Waals surface area contributed by atoms with Crippen LogP contribution >= 0.6 is 0 Å². The summed E-state index contributed by atoms with van der Waals surface area (Å²) in [6.45, 7) is 1.51. The molecule has 118 valence electrons. The summed E-state index contributed by atoms with van der Waals surface area (Å²) in [7, 11) is 0. The Morgan fingerprint density at radius 3 is 2.91 bits per heavy atom. The van der Waals surface area contributed by atoms with Crippen molar-refractivity contribution in [3.8, 4) is 6.07 Å². The number of rotatable bonds is 4. The van der Waals surface area contributed by atoms with Gasteiger partial charge in [-0.15, -0.1) is 0 Å². The monoisotopic (exact) mass is 311 g/mol. The number of hydrogen-bond donors (Lipinski definition) is 2. The number of hydrogen-bond acceptors (Lipinski definition) is 6. The molecule has 1 fully saturated rings. The summed E-state index contributed by atoms with van der Waals surface area (Å²) in [6.07, 6.45) is 1.73. The fraction of sp³-hybridized carbons (Fsp3) is 0.375. The van der Waals surface area contributed by atoms with Crippen molar-refractivity contribution in [3.63, 3.8) is 0 Å². The smallest absolute Gasteiger partial charge is 0.248 e. The Labute approximate surface area is 133 Å². The lowest BCUT2D eigenvalue weighted by atomic mass is 9.80. The van der Waals surface area contributed by atoms with Crippen LogP contribution in [0.1, 0.15) is 40.5 Å². The van der Waals surface area contributed by atoms with Crippen molar-refractivity contribution in [2.45, 2.75) is 24.7 Å². The lowest BCUT2D eigenvalue weighted by Gasteiger charge is -2.27. The van der Waals surface area contributed by atoms with Gasteiger partial charge in [-0.3, -0.25) is 4.79 Å². The third-order valence-corrected chi connectivity index (χ3v) is 4.12. The van der Waals surface area contributed by atoms with Crippen molar-refractivity contribution in [1.29, 1.82) is 5.26 Å². The van der Waals surface area contributed by atoms with Crippen LogP contribution in [-0.2, 0) is 11.8 Å². The van der Waals surface area contributed by atoms with Gasteiger partial charge in [-0.1, -0.05) is 17.3 Å². The summed E-state index contributed by atoms with van der Waals surface area (Å²) in [4.78, 5) is 15.6. The summed E-state index contributed by atoms with van der Waals surface area (Å²) in [5, 5.41) is 16.7. The second-order valence-corrected chi connectivity index (χ2v) is 5.70. The molecular formula is C16H17N5O2. The molecule has 3 rings (SSSR count). The maximum atomic E-state index is 11.2. The molecule has 7 nitrogen and oxygen atoms in total. The number of nitriles is 1. The van der Waals surface area contributed by atoms with Crippen LogP contribution in [0.4, 0.5) is 0 Å². The van der Waals surface area contributed by atoms with Crippen LogP contribution in [0.3, 0.4) is 0 Å². The van der Waals surface area contributed by atoms with Crippen LogP contribution in [0.15, 0.2) is 28.8 Å². The lowest BCUT2D eigenvalue weighted by molar-refractivity contribution is 0.1000. The summed E-state index contributed by atoms with van der Waals surface area (Å²) in [6, 6.07) is 9.34. The number of aromatic nitrogens is 2. The van der Waals surface area contributed by atoms with Crippen LogP contribution in [-0.4, -0.2) is 29.1 Å². The predicted molar refractivity (Wildman–Crippen MR) is 81.5 cm³/mol. The predicted octanol–water partition coefficient (Wildman–Crippen LogP) is 0.904. The van der Waals surface area contributed by atoms with Crippen molar-refractivity contribution >= 4 is 5.91 Å². The van der Waals surface area contributed by atoms with Gasteiger partial charge in [-0.2, -0.15) is 10.2 Å². The van der Waals surface area contributed by atoms with E-state index < -0.39 is 11.3 Å². The van der Waals surface area contributed by atoms with E-state index in [1.165, 1.54) is 0 Å². The second kappa shape index (κ2) is 6.18. The van der Waals surface area contributed by atoms with Gasteiger partial charge in [0, 0.05) is 12.0 Å². The van der Waals surface area contributed by atoms with Gasteiger partial charge in [0.2, 0.25) is 11.8 Å². The number of benzene rings is 1. The standard InChI is InChI=1S/C16H17N5O2/c17-10-16(4-6-19-7-5-16)15-20-13(21-23-15)9-11-2-1-3-12(8-11)14(18)22/h1-3,8,19H,4-7,9H2,(H2,18,22). The molecule has 1 amide bonds. The fourth-order valence-electron chi connectivity index (χ4n) is 2.76. The fourth-order valence-corrected chi connectivity index (χ4v) is 2.76. The van der Waals surface area contributed by atoms with E-state index in [1.54, 1.807) is 18.2 Å². The second-order valence-electron chi connectivity index (χ2n) is 5.70. The van der Waals surface area contributed by atoms with Crippen LogP contribution in [0, 0.1) is 11.3 Å². The molecule has 0 aliphatic carbocycles. The van der Waals surface area contributed by atoms with E-state index in [9.17, 15) is 10.1 Å². The Kier molecular flexibility index (Phi) is 4.08. The minimum atomic E-state index is -0.703. The minimum Gasteiger partial charge on any atom is -0.366 e. The van der Waals surface area contributed by atoms with Gasteiger partial charge in [0.05, 0.1) is 6.07 Å². The molecular weight excluding hydrogens is 294 g/mol. The van der Waals surface area contributed by atoms with Gasteiger partial charge in [-0.25, -0.2) is 0 Å². The molecule has 0 bridgehead atoms. The normalized spacial score (nSPS) is 16.7. The van der Waals surface area contributed by atoms with E-state index in [1.807, 2.05) is 6.07 Å². The van der Waals surface area contributed by atoms with Crippen LogP contribution < -0.4 is 11.1 Å². The molecule has 1 aromatic carbocycles. The van der Waals surface area contributed by atoms with E-state index >= 15 is 0 Å². The van der Waals surface area contributed by atoms with Crippen LogP contribution in [0.2, 0.25) is 0 Å². The maximum absolute atomic E-state index is 11.2. The molecule has 2 aromatic rings. The largest absolute Gasteiger partial charge is 0.366 e. The van der Waals surface area contributed by atoms with E-state index in [2.05, 4.69) is 21.5 Å². The summed E-state index contributed by atoms with van der Waals surface area (Å²) >= 11 is 0. The lowest BCUT2D eigenvalue weighted by Crippen LogP contribution is -2.39. The van der Waals surface area contributed by atoms with E-state index in [4.69, 9.17) is 10.3 Å². The Hall–Kier alpha value is -2.72. The molecule has 1 aliphatic heterocycles. The SMILES string of the molecule is N#CC1(c2nc(Cc3cccc(C(N)=O)c3)no2)CCNCC1. The maximum Gasteiger partial charge on any atom is 0.248 e. The first-order valence-corrected chi connectivity index (χ1v) is 7.47. The van der Waals surface area contributed by atoms with Crippen molar-refractivity contribution in [3.05, 3.63) is 47.1 Å². The number of carbonyl (C=O) groups is 1. The average Bonchev–Trinajstić information content (AvgIpc) is 3.05. The molecule has 1 aromatic heterocycles. The Balaban J connectivity index is 1.81. The van der Waals surface area contributed by atoms with Crippen molar-refractivity contribution in [2.24, 2.45) is 5.73 Å². The molecule has 0 saturated carbocycles. The number of piperidine rings is 1. The zero-order chi connectivity index (χ0) is 16.3. The highest BCUT2D eigenvalue weighted by Gasteiger charge is 2.39. The molecule has 7 heteroatoms. The Bertz CT molecular complexity index is 756. The summed E-state index contributed by atoms with van der Waals surface area (Å²) < 4.78 is 5.35. The van der Waals surface area contributed by atoms with Gasteiger partial charge in [-0.05, 0) is 43.6 Å². The van der Waals surface area contributed by atoms with Crippen molar-refractivity contribution in [1.82, 2.24) is 15.5 Å². The highest BCUT2D eigenvalue weighted by atomic mass is 16.5. The number of nitrogens with zero attached hydrogens (tertiary/aromatic N) is 3. The first kappa shape index (κ1) is 15.2. The highest BCUT2D eigenvalue weighted by molar-refractivity contribution is 5.92. The number of amides is 1. The zero-order valence-electron chi connectivity index (χ0n) is 12.6. The van der Waals surface area contributed by atoms with Gasteiger partial charge >= 0.3 is 0 Å². The van der Waals surface area contributed by atoms with Crippen LogP contribution in [0.5, 0.6) is 0 Å². The molecule has 3 N–H and O–H groups in total. The van der Waals surface area contributed by atoms with E-state index in [0.717, 1.165) is 18.7 Å². The molecule has 0 unspecified atom stereocenters. The number of primary amides is 1. The third-order valence-electron chi connectivity index (χ3n) is 4.12. The van der Waals surface area contributed by atoms with E-state index in [0.29, 0.717) is 36.5 Å². The third kappa shape index (κ3) is 3.07. The molecule has 2 heterocycles. The number of carbonyl (C=O) groups excluding carboxylic acids is 1. The average molecular weight is 311 g/mol. The first-order chi connectivity index (χ1) is 11.1. The van der Waals surface area contributed by atoms with Crippen molar-refractivity contribution < 1.29 is 9.32 Å². The quantitative estimate of drug-likeness (QED) is 0.866. The first-order valence-electron chi connectivity index (χ1n) is 7.47. The minimum absolute atomic E-state index is 0.377. The van der Waals surface area contributed by atoms with Gasteiger partial charge in [0.1, 0.15) is 5.41 Å². The van der Waals surface area contributed by atoms with Gasteiger partial charge < -0.3 is 15.6 Å². The van der Waals surface area contributed by atoms with Crippen molar-refractivity contribution in [2.75, 3.05) is 13.1 Å². The molecule has 1 saturated heterocycles.